The zero-order valence-corrected chi connectivity index (χ0v) is 13.1. The van der Waals surface area contributed by atoms with Crippen molar-refractivity contribution in [1.82, 2.24) is 19.4 Å². The number of aromatic nitrogens is 3. The molecule has 1 atom stereocenters. The number of aryl methyl sites for hydroxylation is 1. The van der Waals surface area contributed by atoms with Gasteiger partial charge in [-0.2, -0.15) is 0 Å². The van der Waals surface area contributed by atoms with Crippen molar-refractivity contribution in [2.45, 2.75) is 19.1 Å². The molecular weight excluding hydrogens is 312 g/mol. The fraction of sp³-hybridized carbons (Fsp3) is 0.375. The van der Waals surface area contributed by atoms with Crippen molar-refractivity contribution in [2.75, 3.05) is 19.7 Å². The average molecular weight is 330 g/mol. The van der Waals surface area contributed by atoms with Crippen LogP contribution in [0.4, 0.5) is 0 Å². The van der Waals surface area contributed by atoms with Crippen molar-refractivity contribution >= 4 is 5.91 Å². The summed E-state index contributed by atoms with van der Waals surface area (Å²) in [6, 6.07) is 5.02. The smallest absolute Gasteiger partial charge is 0.328 e. The number of pyridine rings is 1. The van der Waals surface area contributed by atoms with Crippen LogP contribution in [0, 0.1) is 0 Å². The molecule has 0 bridgehead atoms. The molecule has 1 saturated heterocycles. The van der Waals surface area contributed by atoms with Crippen LogP contribution in [0.2, 0.25) is 0 Å². The highest BCUT2D eigenvalue weighted by Gasteiger charge is 2.25. The Kier molecular flexibility index (Phi) is 4.85. The first kappa shape index (κ1) is 16.1. The molecule has 3 rings (SSSR count). The average Bonchev–Trinajstić information content (AvgIpc) is 2.61. The lowest BCUT2D eigenvalue weighted by molar-refractivity contribution is -0.139. The van der Waals surface area contributed by atoms with Crippen LogP contribution in [0.5, 0.6) is 0 Å². The van der Waals surface area contributed by atoms with Crippen LogP contribution >= 0.6 is 0 Å². The molecule has 1 amide bonds. The lowest BCUT2D eigenvalue weighted by Gasteiger charge is -2.33. The molecule has 0 radical (unpaired) electrons. The fourth-order valence-corrected chi connectivity index (χ4v) is 2.64. The van der Waals surface area contributed by atoms with Gasteiger partial charge < -0.3 is 14.2 Å². The first-order valence-electron chi connectivity index (χ1n) is 7.72. The molecule has 1 aliphatic heterocycles. The number of rotatable bonds is 4. The maximum atomic E-state index is 12.4. The number of nitrogens with zero attached hydrogens (tertiary/aromatic N) is 3. The molecule has 0 spiro atoms. The zero-order valence-electron chi connectivity index (χ0n) is 13.1. The van der Waals surface area contributed by atoms with Gasteiger partial charge in [0.15, 0.2) is 0 Å². The van der Waals surface area contributed by atoms with Gasteiger partial charge in [0.2, 0.25) is 5.91 Å². The highest BCUT2D eigenvalue weighted by atomic mass is 16.5. The Balaban J connectivity index is 1.60. The minimum Gasteiger partial charge on any atom is -0.370 e. The van der Waals surface area contributed by atoms with Gasteiger partial charge >= 0.3 is 5.69 Å². The number of H-pyrrole nitrogens is 1. The maximum absolute atomic E-state index is 12.4. The van der Waals surface area contributed by atoms with Gasteiger partial charge in [-0.3, -0.25) is 19.6 Å². The van der Waals surface area contributed by atoms with Gasteiger partial charge in [0.25, 0.3) is 5.56 Å². The number of carbonyl (C=O) groups excluding carboxylic acids is 1. The van der Waals surface area contributed by atoms with Gasteiger partial charge in [-0.15, -0.1) is 0 Å². The van der Waals surface area contributed by atoms with E-state index in [-0.39, 0.29) is 25.0 Å². The van der Waals surface area contributed by atoms with Crippen LogP contribution in [0.15, 0.2) is 46.4 Å². The Morgan fingerprint density at radius 3 is 3.00 bits per heavy atom. The molecule has 0 saturated carbocycles. The molecule has 126 valence electrons. The lowest BCUT2D eigenvalue weighted by atomic mass is 10.1. The van der Waals surface area contributed by atoms with Crippen molar-refractivity contribution in [3.05, 3.63) is 63.2 Å². The largest absolute Gasteiger partial charge is 0.370 e. The standard InChI is InChI=1S/C16H18N4O4/c21-14-3-6-19(16(23)18-14)7-4-15(22)20-8-9-24-13(11-20)12-2-1-5-17-10-12/h1-3,5-6,10,13H,4,7-9,11H2,(H,18,21,23)/t13-/m0/s1. The van der Waals surface area contributed by atoms with Gasteiger partial charge in [0, 0.05) is 49.7 Å². The summed E-state index contributed by atoms with van der Waals surface area (Å²) >= 11 is 0. The number of carbonyl (C=O) groups is 1. The molecular formula is C16H18N4O4. The van der Waals surface area contributed by atoms with E-state index in [4.69, 9.17) is 4.74 Å². The molecule has 24 heavy (non-hydrogen) atoms. The Morgan fingerprint density at radius 1 is 1.38 bits per heavy atom. The van der Waals surface area contributed by atoms with E-state index in [1.807, 2.05) is 12.1 Å². The van der Waals surface area contributed by atoms with E-state index in [2.05, 4.69) is 9.97 Å². The van der Waals surface area contributed by atoms with Crippen molar-refractivity contribution in [3.8, 4) is 0 Å². The summed E-state index contributed by atoms with van der Waals surface area (Å²) in [5.41, 5.74) is -0.0209. The van der Waals surface area contributed by atoms with E-state index in [1.54, 1.807) is 17.3 Å². The summed E-state index contributed by atoms with van der Waals surface area (Å²) in [6.45, 7) is 1.68. The van der Waals surface area contributed by atoms with Gasteiger partial charge in [-0.1, -0.05) is 6.07 Å². The summed E-state index contributed by atoms with van der Waals surface area (Å²) in [6.07, 6.45) is 4.82. The molecule has 0 aliphatic carbocycles. The maximum Gasteiger partial charge on any atom is 0.328 e. The molecule has 1 aliphatic rings. The highest BCUT2D eigenvalue weighted by Crippen LogP contribution is 2.21. The van der Waals surface area contributed by atoms with Crippen molar-refractivity contribution < 1.29 is 9.53 Å². The second-order valence-corrected chi connectivity index (χ2v) is 5.54. The summed E-state index contributed by atoms with van der Waals surface area (Å²) in [5.74, 6) is -0.0507. The molecule has 2 aromatic rings. The van der Waals surface area contributed by atoms with E-state index in [9.17, 15) is 14.4 Å². The van der Waals surface area contributed by atoms with Crippen molar-refractivity contribution in [1.29, 1.82) is 0 Å². The molecule has 0 aromatic carbocycles. The van der Waals surface area contributed by atoms with E-state index < -0.39 is 11.2 Å². The molecule has 1 fully saturated rings. The monoisotopic (exact) mass is 330 g/mol. The number of hydrogen-bond acceptors (Lipinski definition) is 5. The first-order chi connectivity index (χ1) is 11.6. The molecule has 2 aromatic heterocycles. The Labute approximate surface area is 137 Å². The van der Waals surface area contributed by atoms with Crippen LogP contribution in [-0.4, -0.2) is 45.0 Å². The third-order valence-corrected chi connectivity index (χ3v) is 3.94. The van der Waals surface area contributed by atoms with Crippen LogP contribution in [0.3, 0.4) is 0 Å². The lowest BCUT2D eigenvalue weighted by Crippen LogP contribution is -2.42. The zero-order chi connectivity index (χ0) is 16.9. The Hall–Kier alpha value is -2.74. The van der Waals surface area contributed by atoms with E-state index in [0.717, 1.165) is 5.56 Å². The number of ether oxygens (including phenoxy) is 1. The van der Waals surface area contributed by atoms with Crippen LogP contribution < -0.4 is 11.2 Å². The second-order valence-electron chi connectivity index (χ2n) is 5.54. The quantitative estimate of drug-likeness (QED) is 0.846. The minimum absolute atomic E-state index is 0.0507. The summed E-state index contributed by atoms with van der Waals surface area (Å²) in [5, 5.41) is 0. The fourth-order valence-electron chi connectivity index (χ4n) is 2.64. The SMILES string of the molecule is O=C(CCn1ccc(=O)[nH]c1=O)N1CCO[C@H](c2cccnc2)C1. The molecule has 8 nitrogen and oxygen atoms in total. The van der Waals surface area contributed by atoms with E-state index in [0.29, 0.717) is 19.7 Å². The van der Waals surface area contributed by atoms with Crippen molar-refractivity contribution in [2.24, 2.45) is 0 Å². The molecule has 1 N–H and O–H groups in total. The minimum atomic E-state index is -0.509. The molecule has 8 heteroatoms. The molecule has 0 unspecified atom stereocenters. The Morgan fingerprint density at radius 2 is 2.25 bits per heavy atom. The van der Waals surface area contributed by atoms with Gasteiger partial charge in [-0.25, -0.2) is 4.79 Å². The molecule has 3 heterocycles. The van der Waals surface area contributed by atoms with Gasteiger partial charge in [0.1, 0.15) is 6.10 Å². The third-order valence-electron chi connectivity index (χ3n) is 3.94. The summed E-state index contributed by atoms with van der Waals surface area (Å²) < 4.78 is 7.03. The van der Waals surface area contributed by atoms with Crippen LogP contribution in [0.25, 0.3) is 0 Å². The number of morpholine rings is 1. The number of aromatic amines is 1. The van der Waals surface area contributed by atoms with E-state index in [1.165, 1.54) is 16.8 Å². The van der Waals surface area contributed by atoms with Gasteiger partial charge in [0.05, 0.1) is 13.2 Å². The second kappa shape index (κ2) is 7.22. The topological polar surface area (TPSA) is 97.3 Å². The predicted molar refractivity (Wildman–Crippen MR) is 85.4 cm³/mol. The van der Waals surface area contributed by atoms with Crippen LogP contribution in [0.1, 0.15) is 18.1 Å². The van der Waals surface area contributed by atoms with E-state index >= 15 is 0 Å². The number of amides is 1. The predicted octanol–water partition coefficient (Wildman–Crippen LogP) is -0.0782. The van der Waals surface area contributed by atoms with Crippen molar-refractivity contribution in [3.63, 3.8) is 0 Å². The highest BCUT2D eigenvalue weighted by molar-refractivity contribution is 5.76. The van der Waals surface area contributed by atoms with Gasteiger partial charge in [-0.05, 0) is 6.07 Å². The van der Waals surface area contributed by atoms with Crippen LogP contribution in [-0.2, 0) is 16.1 Å². The first-order valence-corrected chi connectivity index (χ1v) is 7.72. The number of hydrogen-bond donors (Lipinski definition) is 1. The summed E-state index contributed by atoms with van der Waals surface area (Å²) in [7, 11) is 0. The summed E-state index contributed by atoms with van der Waals surface area (Å²) in [4.78, 5) is 43.0. The number of nitrogens with one attached hydrogen (secondary N) is 1. The Bertz CT molecular complexity index is 815. The third kappa shape index (κ3) is 3.77. The normalized spacial score (nSPS) is 17.7.